The molecule has 16 heavy (non-hydrogen) atoms. The molecule has 0 saturated carbocycles. The zero-order chi connectivity index (χ0) is 12.1. The third-order valence-electron chi connectivity index (χ3n) is 2.79. The van der Waals surface area contributed by atoms with Crippen molar-refractivity contribution in [2.45, 2.75) is 32.9 Å². The molecule has 2 heteroatoms. The van der Waals surface area contributed by atoms with Crippen molar-refractivity contribution in [3.8, 4) is 5.75 Å². The van der Waals surface area contributed by atoms with Crippen LogP contribution in [0.15, 0.2) is 30.9 Å². The van der Waals surface area contributed by atoms with Gasteiger partial charge in [-0.2, -0.15) is 0 Å². The summed E-state index contributed by atoms with van der Waals surface area (Å²) in [5.74, 6) is 0.938. The van der Waals surface area contributed by atoms with Crippen molar-refractivity contribution < 1.29 is 4.74 Å². The van der Waals surface area contributed by atoms with E-state index in [4.69, 9.17) is 4.74 Å². The minimum atomic E-state index is 0.317. The standard InChI is InChI=1S/C14H21NO/c1-6-11(3)15-12(4)13-7-8-14(16-5)10(2)9-13/h6-9,11-12,15H,1H2,2-5H3. The first kappa shape index (κ1) is 12.8. The van der Waals surface area contributed by atoms with Crippen LogP contribution in [0.25, 0.3) is 0 Å². The summed E-state index contributed by atoms with van der Waals surface area (Å²) in [7, 11) is 1.70. The van der Waals surface area contributed by atoms with Crippen LogP contribution in [0.1, 0.15) is 31.0 Å². The van der Waals surface area contributed by atoms with Crippen molar-refractivity contribution in [1.29, 1.82) is 0 Å². The van der Waals surface area contributed by atoms with Crippen LogP contribution < -0.4 is 10.1 Å². The van der Waals surface area contributed by atoms with E-state index in [1.165, 1.54) is 11.1 Å². The molecular formula is C14H21NO. The van der Waals surface area contributed by atoms with E-state index >= 15 is 0 Å². The summed E-state index contributed by atoms with van der Waals surface area (Å²) < 4.78 is 5.25. The Morgan fingerprint density at radius 3 is 2.56 bits per heavy atom. The maximum atomic E-state index is 5.25. The number of rotatable bonds is 5. The summed E-state index contributed by atoms with van der Waals surface area (Å²) in [5, 5.41) is 3.45. The third kappa shape index (κ3) is 3.11. The number of hydrogen-bond acceptors (Lipinski definition) is 2. The minimum absolute atomic E-state index is 0.317. The monoisotopic (exact) mass is 219 g/mol. The molecule has 1 aromatic carbocycles. The van der Waals surface area contributed by atoms with Gasteiger partial charge in [0.05, 0.1) is 7.11 Å². The molecule has 0 aliphatic rings. The van der Waals surface area contributed by atoms with E-state index in [-0.39, 0.29) is 0 Å². The predicted octanol–water partition coefficient (Wildman–Crippen LogP) is 3.23. The average molecular weight is 219 g/mol. The molecule has 0 fully saturated rings. The molecule has 2 nitrogen and oxygen atoms in total. The van der Waals surface area contributed by atoms with Gasteiger partial charge in [-0.3, -0.25) is 0 Å². The van der Waals surface area contributed by atoms with Crippen molar-refractivity contribution in [3.63, 3.8) is 0 Å². The average Bonchev–Trinajstić information content (AvgIpc) is 2.28. The van der Waals surface area contributed by atoms with Gasteiger partial charge in [0, 0.05) is 12.1 Å². The van der Waals surface area contributed by atoms with Crippen molar-refractivity contribution >= 4 is 0 Å². The van der Waals surface area contributed by atoms with Crippen molar-refractivity contribution in [1.82, 2.24) is 5.32 Å². The molecule has 0 aromatic heterocycles. The first-order valence-corrected chi connectivity index (χ1v) is 5.61. The van der Waals surface area contributed by atoms with Crippen LogP contribution in [-0.2, 0) is 0 Å². The van der Waals surface area contributed by atoms with Crippen molar-refractivity contribution in [2.75, 3.05) is 7.11 Å². The van der Waals surface area contributed by atoms with Gasteiger partial charge in [-0.1, -0.05) is 18.2 Å². The molecule has 0 heterocycles. The molecule has 0 radical (unpaired) electrons. The van der Waals surface area contributed by atoms with Crippen LogP contribution in [-0.4, -0.2) is 13.2 Å². The van der Waals surface area contributed by atoms with Crippen LogP contribution in [0, 0.1) is 6.92 Å². The van der Waals surface area contributed by atoms with Crippen LogP contribution in [0.2, 0.25) is 0 Å². The highest BCUT2D eigenvalue weighted by Crippen LogP contribution is 2.22. The Kier molecular flexibility index (Phi) is 4.56. The lowest BCUT2D eigenvalue weighted by Gasteiger charge is -2.18. The lowest BCUT2D eigenvalue weighted by Crippen LogP contribution is -2.26. The highest BCUT2D eigenvalue weighted by atomic mass is 16.5. The van der Waals surface area contributed by atoms with Gasteiger partial charge in [0.15, 0.2) is 0 Å². The van der Waals surface area contributed by atoms with E-state index < -0.39 is 0 Å². The molecule has 0 amide bonds. The van der Waals surface area contributed by atoms with Gasteiger partial charge >= 0.3 is 0 Å². The summed E-state index contributed by atoms with van der Waals surface area (Å²) in [5.41, 5.74) is 2.44. The number of hydrogen-bond donors (Lipinski definition) is 1. The van der Waals surface area contributed by atoms with E-state index in [1.54, 1.807) is 7.11 Å². The molecule has 88 valence electrons. The van der Waals surface area contributed by atoms with E-state index in [1.807, 2.05) is 12.1 Å². The van der Waals surface area contributed by atoms with Crippen molar-refractivity contribution in [3.05, 3.63) is 42.0 Å². The number of nitrogens with one attached hydrogen (secondary N) is 1. The Bertz CT molecular complexity index is 360. The SMILES string of the molecule is C=CC(C)NC(C)c1ccc(OC)c(C)c1. The van der Waals surface area contributed by atoms with Gasteiger partial charge < -0.3 is 10.1 Å². The first-order valence-electron chi connectivity index (χ1n) is 5.61. The largest absolute Gasteiger partial charge is 0.496 e. The van der Waals surface area contributed by atoms with Crippen LogP contribution >= 0.6 is 0 Å². The quantitative estimate of drug-likeness (QED) is 0.768. The maximum Gasteiger partial charge on any atom is 0.121 e. The van der Waals surface area contributed by atoms with Gasteiger partial charge in [0.2, 0.25) is 0 Å². The normalized spacial score (nSPS) is 14.2. The fraction of sp³-hybridized carbons (Fsp3) is 0.429. The molecule has 2 atom stereocenters. The second kappa shape index (κ2) is 5.71. The molecule has 1 rings (SSSR count). The topological polar surface area (TPSA) is 21.3 Å². The second-order valence-electron chi connectivity index (χ2n) is 4.14. The predicted molar refractivity (Wildman–Crippen MR) is 68.9 cm³/mol. The molecule has 0 spiro atoms. The Morgan fingerprint density at radius 2 is 2.06 bits per heavy atom. The van der Waals surface area contributed by atoms with Gasteiger partial charge in [-0.15, -0.1) is 6.58 Å². The van der Waals surface area contributed by atoms with E-state index in [9.17, 15) is 0 Å². The van der Waals surface area contributed by atoms with Gasteiger partial charge in [0.25, 0.3) is 0 Å². The fourth-order valence-corrected chi connectivity index (χ4v) is 1.73. The summed E-state index contributed by atoms with van der Waals surface area (Å²) in [6, 6.07) is 6.91. The molecule has 0 aliphatic carbocycles. The van der Waals surface area contributed by atoms with Gasteiger partial charge in [-0.25, -0.2) is 0 Å². The minimum Gasteiger partial charge on any atom is -0.496 e. The Balaban J connectivity index is 2.80. The molecule has 0 aliphatic heterocycles. The second-order valence-corrected chi connectivity index (χ2v) is 4.14. The van der Waals surface area contributed by atoms with Crippen LogP contribution in [0.4, 0.5) is 0 Å². The fourth-order valence-electron chi connectivity index (χ4n) is 1.73. The van der Waals surface area contributed by atoms with Crippen molar-refractivity contribution in [2.24, 2.45) is 0 Å². The summed E-state index contributed by atoms with van der Waals surface area (Å²) in [6.45, 7) is 10.1. The smallest absolute Gasteiger partial charge is 0.121 e. The molecule has 2 unspecified atom stereocenters. The summed E-state index contributed by atoms with van der Waals surface area (Å²) >= 11 is 0. The highest BCUT2D eigenvalue weighted by molar-refractivity contribution is 5.37. The Hall–Kier alpha value is -1.28. The molecule has 1 aromatic rings. The molecule has 0 saturated heterocycles. The number of benzene rings is 1. The Labute approximate surface area is 98.3 Å². The summed E-state index contributed by atoms with van der Waals surface area (Å²) in [4.78, 5) is 0. The lowest BCUT2D eigenvalue weighted by molar-refractivity contribution is 0.411. The van der Waals surface area contributed by atoms with Crippen LogP contribution in [0.3, 0.4) is 0 Å². The van der Waals surface area contributed by atoms with E-state index in [2.05, 4.69) is 44.8 Å². The van der Waals surface area contributed by atoms with E-state index in [0.29, 0.717) is 12.1 Å². The van der Waals surface area contributed by atoms with Gasteiger partial charge in [0.1, 0.15) is 5.75 Å². The zero-order valence-corrected chi connectivity index (χ0v) is 10.6. The Morgan fingerprint density at radius 1 is 1.38 bits per heavy atom. The molecule has 0 bridgehead atoms. The lowest BCUT2D eigenvalue weighted by atomic mass is 10.0. The zero-order valence-electron chi connectivity index (χ0n) is 10.6. The summed E-state index contributed by atoms with van der Waals surface area (Å²) in [6.07, 6.45) is 1.91. The number of aryl methyl sites for hydroxylation is 1. The molecule has 1 N–H and O–H groups in total. The molecular weight excluding hydrogens is 198 g/mol. The first-order chi connectivity index (χ1) is 7.58. The number of methoxy groups -OCH3 is 1. The number of ether oxygens (including phenoxy) is 1. The highest BCUT2D eigenvalue weighted by Gasteiger charge is 2.08. The maximum absolute atomic E-state index is 5.25. The van der Waals surface area contributed by atoms with Crippen LogP contribution in [0.5, 0.6) is 5.75 Å². The van der Waals surface area contributed by atoms with E-state index in [0.717, 1.165) is 5.75 Å². The third-order valence-corrected chi connectivity index (χ3v) is 2.79. The van der Waals surface area contributed by atoms with Gasteiger partial charge in [-0.05, 0) is 38.0 Å².